The molecule has 4 rings (SSSR count). The van der Waals surface area contributed by atoms with E-state index < -0.39 is 0 Å². The molecule has 0 aliphatic heterocycles. The Morgan fingerprint density at radius 3 is 2.52 bits per heavy atom. The van der Waals surface area contributed by atoms with Crippen LogP contribution >= 0.6 is 0 Å². The van der Waals surface area contributed by atoms with Crippen molar-refractivity contribution >= 4 is 22.7 Å². The predicted octanol–water partition coefficient (Wildman–Crippen LogP) is 5.67. The van der Waals surface area contributed by atoms with Crippen LogP contribution in [0.2, 0.25) is 0 Å². The van der Waals surface area contributed by atoms with Gasteiger partial charge in [0.2, 0.25) is 5.89 Å². The zero-order chi connectivity index (χ0) is 19.0. The molecule has 3 aromatic carbocycles. The fourth-order valence-corrected chi connectivity index (χ4v) is 3.12. The van der Waals surface area contributed by atoms with Crippen LogP contribution in [0.1, 0.15) is 27.0 Å². The normalized spacial score (nSPS) is 10.9. The van der Waals surface area contributed by atoms with E-state index in [1.165, 1.54) is 0 Å². The molecule has 4 aromatic rings. The van der Waals surface area contributed by atoms with Gasteiger partial charge in [0.05, 0.1) is 0 Å². The van der Waals surface area contributed by atoms with Crippen molar-refractivity contribution in [3.05, 3.63) is 82.9 Å². The Morgan fingerprint density at radius 2 is 1.74 bits per heavy atom. The fraction of sp³-hybridized carbons (Fsp3) is 0.130. The first-order valence-corrected chi connectivity index (χ1v) is 8.86. The summed E-state index contributed by atoms with van der Waals surface area (Å²) < 4.78 is 5.87. The number of fused-ring (bicyclic) bond motifs is 1. The quantitative estimate of drug-likeness (QED) is 0.514. The maximum Gasteiger partial charge on any atom is 0.255 e. The van der Waals surface area contributed by atoms with E-state index in [-0.39, 0.29) is 5.91 Å². The lowest BCUT2D eigenvalue weighted by molar-refractivity contribution is 0.102. The monoisotopic (exact) mass is 356 g/mol. The van der Waals surface area contributed by atoms with E-state index in [1.807, 2.05) is 81.4 Å². The van der Waals surface area contributed by atoms with E-state index in [0.717, 1.165) is 39.0 Å². The summed E-state index contributed by atoms with van der Waals surface area (Å²) in [5.74, 6) is 0.469. The van der Waals surface area contributed by atoms with Crippen LogP contribution in [0.25, 0.3) is 22.6 Å². The van der Waals surface area contributed by atoms with Gasteiger partial charge in [0.1, 0.15) is 5.52 Å². The molecular weight excluding hydrogens is 336 g/mol. The number of nitrogens with zero attached hydrogens (tertiary/aromatic N) is 1. The lowest BCUT2D eigenvalue weighted by Crippen LogP contribution is -2.14. The third-order valence-electron chi connectivity index (χ3n) is 4.65. The van der Waals surface area contributed by atoms with Crippen molar-refractivity contribution < 1.29 is 9.21 Å². The minimum Gasteiger partial charge on any atom is -0.436 e. The smallest absolute Gasteiger partial charge is 0.255 e. The molecule has 1 amide bonds. The van der Waals surface area contributed by atoms with Gasteiger partial charge in [-0.3, -0.25) is 4.79 Å². The Bertz CT molecular complexity index is 1160. The van der Waals surface area contributed by atoms with Crippen LogP contribution in [0.15, 0.2) is 65.1 Å². The van der Waals surface area contributed by atoms with E-state index in [9.17, 15) is 4.79 Å². The van der Waals surface area contributed by atoms with Crippen molar-refractivity contribution in [1.82, 2.24) is 4.98 Å². The van der Waals surface area contributed by atoms with Crippen molar-refractivity contribution in [2.45, 2.75) is 20.8 Å². The summed E-state index contributed by atoms with van der Waals surface area (Å²) in [5.41, 5.74) is 7.00. The molecule has 27 heavy (non-hydrogen) atoms. The van der Waals surface area contributed by atoms with E-state index in [4.69, 9.17) is 4.42 Å². The summed E-state index contributed by atoms with van der Waals surface area (Å²) in [4.78, 5) is 17.1. The van der Waals surface area contributed by atoms with Gasteiger partial charge in [0.15, 0.2) is 5.58 Å². The molecule has 0 aliphatic carbocycles. The third-order valence-corrected chi connectivity index (χ3v) is 4.65. The van der Waals surface area contributed by atoms with Gasteiger partial charge in [-0.1, -0.05) is 24.3 Å². The molecule has 4 heteroatoms. The number of aryl methyl sites for hydroxylation is 3. The van der Waals surface area contributed by atoms with Crippen LogP contribution in [0.5, 0.6) is 0 Å². The van der Waals surface area contributed by atoms with Crippen LogP contribution in [0.3, 0.4) is 0 Å². The molecule has 0 bridgehead atoms. The Hall–Kier alpha value is -3.40. The fourth-order valence-electron chi connectivity index (χ4n) is 3.12. The van der Waals surface area contributed by atoms with Gasteiger partial charge in [-0.2, -0.15) is 0 Å². The minimum atomic E-state index is -0.110. The second-order valence-corrected chi connectivity index (χ2v) is 6.79. The minimum absolute atomic E-state index is 0.110. The van der Waals surface area contributed by atoms with Crippen molar-refractivity contribution in [2.75, 3.05) is 5.32 Å². The Morgan fingerprint density at radius 1 is 0.926 bits per heavy atom. The van der Waals surface area contributed by atoms with E-state index in [1.54, 1.807) is 0 Å². The van der Waals surface area contributed by atoms with Crippen molar-refractivity contribution in [3.8, 4) is 11.5 Å². The van der Waals surface area contributed by atoms with Gasteiger partial charge in [-0.05, 0) is 73.9 Å². The Kier molecular flexibility index (Phi) is 4.24. The molecule has 0 unspecified atom stereocenters. The molecule has 134 valence electrons. The molecule has 0 aliphatic rings. The van der Waals surface area contributed by atoms with Gasteiger partial charge in [-0.15, -0.1) is 0 Å². The van der Waals surface area contributed by atoms with Crippen molar-refractivity contribution in [3.63, 3.8) is 0 Å². The number of aromatic nitrogens is 1. The van der Waals surface area contributed by atoms with Gasteiger partial charge < -0.3 is 9.73 Å². The first-order chi connectivity index (χ1) is 13.0. The number of hydrogen-bond acceptors (Lipinski definition) is 3. The molecular formula is C23H20N2O2. The summed E-state index contributed by atoms with van der Waals surface area (Å²) in [6, 6.07) is 19.3. The largest absolute Gasteiger partial charge is 0.436 e. The summed E-state index contributed by atoms with van der Waals surface area (Å²) in [5, 5.41) is 2.99. The maximum absolute atomic E-state index is 12.5. The highest BCUT2D eigenvalue weighted by Gasteiger charge is 2.13. The zero-order valence-corrected chi connectivity index (χ0v) is 15.5. The summed E-state index contributed by atoms with van der Waals surface area (Å²) in [6.07, 6.45) is 0. The van der Waals surface area contributed by atoms with Crippen LogP contribution in [0.4, 0.5) is 5.69 Å². The molecule has 0 saturated heterocycles. The summed E-state index contributed by atoms with van der Waals surface area (Å²) in [6.45, 7) is 5.92. The van der Waals surface area contributed by atoms with Crippen LogP contribution in [-0.4, -0.2) is 10.9 Å². The number of carbonyl (C=O) groups is 1. The summed E-state index contributed by atoms with van der Waals surface area (Å²) >= 11 is 0. The number of oxazole rings is 1. The molecule has 0 radical (unpaired) electrons. The Labute approximate surface area is 157 Å². The van der Waals surface area contributed by atoms with Gasteiger partial charge in [-0.25, -0.2) is 4.98 Å². The first kappa shape index (κ1) is 17.0. The molecule has 0 atom stereocenters. The number of amides is 1. The van der Waals surface area contributed by atoms with Gasteiger partial charge in [0, 0.05) is 16.8 Å². The van der Waals surface area contributed by atoms with Crippen LogP contribution < -0.4 is 5.32 Å². The Balaban J connectivity index is 1.62. The summed E-state index contributed by atoms with van der Waals surface area (Å²) in [7, 11) is 0. The molecule has 0 fully saturated rings. The van der Waals surface area contributed by atoms with E-state index >= 15 is 0 Å². The number of carbonyl (C=O) groups excluding carboxylic acids is 1. The number of benzene rings is 3. The van der Waals surface area contributed by atoms with Crippen LogP contribution in [0, 0.1) is 20.8 Å². The second kappa shape index (κ2) is 6.72. The SMILES string of the molecule is Cc1ccc2oc(-c3ccc(NC(=O)c4ccccc4C)c(C)c3)nc2c1. The highest BCUT2D eigenvalue weighted by Crippen LogP contribution is 2.28. The third kappa shape index (κ3) is 3.34. The standard InChI is InChI=1S/C23H20N2O2/c1-14-8-11-21-20(12-14)25-23(27-21)17-9-10-19(16(3)13-17)24-22(26)18-7-5-4-6-15(18)2/h4-13H,1-3H3,(H,24,26). The zero-order valence-electron chi connectivity index (χ0n) is 15.5. The van der Waals surface area contributed by atoms with Crippen LogP contribution in [-0.2, 0) is 0 Å². The number of hydrogen-bond donors (Lipinski definition) is 1. The highest BCUT2D eigenvalue weighted by atomic mass is 16.3. The average molecular weight is 356 g/mol. The lowest BCUT2D eigenvalue weighted by atomic mass is 10.1. The second-order valence-electron chi connectivity index (χ2n) is 6.79. The van der Waals surface area contributed by atoms with E-state index in [0.29, 0.717) is 11.5 Å². The van der Waals surface area contributed by atoms with Gasteiger partial charge in [0.25, 0.3) is 5.91 Å². The van der Waals surface area contributed by atoms with Crippen molar-refractivity contribution in [2.24, 2.45) is 0 Å². The van der Waals surface area contributed by atoms with Gasteiger partial charge >= 0.3 is 0 Å². The molecule has 4 nitrogen and oxygen atoms in total. The molecule has 1 N–H and O–H groups in total. The number of rotatable bonds is 3. The lowest BCUT2D eigenvalue weighted by Gasteiger charge is -2.10. The number of anilines is 1. The van der Waals surface area contributed by atoms with E-state index in [2.05, 4.69) is 10.3 Å². The first-order valence-electron chi connectivity index (χ1n) is 8.86. The topological polar surface area (TPSA) is 55.1 Å². The molecule has 0 spiro atoms. The molecule has 0 saturated carbocycles. The number of nitrogens with one attached hydrogen (secondary N) is 1. The molecule has 1 aromatic heterocycles. The highest BCUT2D eigenvalue weighted by molar-refractivity contribution is 6.05. The molecule has 1 heterocycles. The average Bonchev–Trinajstić information content (AvgIpc) is 3.06. The maximum atomic E-state index is 12.5. The predicted molar refractivity (Wildman–Crippen MR) is 108 cm³/mol. The van der Waals surface area contributed by atoms with Crippen molar-refractivity contribution in [1.29, 1.82) is 0 Å².